The SMILES string of the molecule is C=C(Nc1cccc(NSc2ccc(-c3noc(-c4cccnc4)n3)cc2)c1)C1(C)CC1. The smallest absolute Gasteiger partial charge is 0.259 e. The van der Waals surface area contributed by atoms with Crippen molar-refractivity contribution in [2.75, 3.05) is 10.0 Å². The van der Waals surface area contributed by atoms with E-state index in [-0.39, 0.29) is 5.41 Å². The molecule has 0 aliphatic heterocycles. The molecule has 5 rings (SSSR count). The minimum Gasteiger partial charge on any atom is -0.359 e. The van der Waals surface area contributed by atoms with Crippen LogP contribution in [0.2, 0.25) is 0 Å². The lowest BCUT2D eigenvalue weighted by molar-refractivity contribution is 0.432. The van der Waals surface area contributed by atoms with Crippen LogP contribution in [0.4, 0.5) is 11.4 Å². The summed E-state index contributed by atoms with van der Waals surface area (Å²) in [5.41, 5.74) is 5.10. The highest BCUT2D eigenvalue weighted by Crippen LogP contribution is 2.50. The summed E-state index contributed by atoms with van der Waals surface area (Å²) in [5, 5.41) is 7.54. The van der Waals surface area contributed by atoms with E-state index in [2.05, 4.69) is 50.8 Å². The van der Waals surface area contributed by atoms with E-state index in [1.165, 1.54) is 12.8 Å². The molecule has 2 aromatic carbocycles. The van der Waals surface area contributed by atoms with Gasteiger partial charge in [0.1, 0.15) is 0 Å². The number of allylic oxidation sites excluding steroid dienone is 1. The second-order valence-electron chi connectivity index (χ2n) is 8.14. The first-order valence-corrected chi connectivity index (χ1v) is 11.2. The third-order valence-corrected chi connectivity index (χ3v) is 6.47. The quantitative estimate of drug-likeness (QED) is 0.297. The highest BCUT2D eigenvalue weighted by Gasteiger charge is 2.40. The van der Waals surface area contributed by atoms with Crippen molar-refractivity contribution in [3.63, 3.8) is 0 Å². The van der Waals surface area contributed by atoms with Crippen molar-refractivity contribution in [3.8, 4) is 22.8 Å². The molecule has 1 saturated carbocycles. The number of anilines is 2. The molecule has 2 aromatic heterocycles. The molecule has 6 nitrogen and oxygen atoms in total. The van der Waals surface area contributed by atoms with Crippen LogP contribution >= 0.6 is 11.9 Å². The summed E-state index contributed by atoms with van der Waals surface area (Å²) in [5.74, 6) is 1.01. The molecule has 7 heteroatoms. The molecule has 4 aromatic rings. The average molecular weight is 442 g/mol. The van der Waals surface area contributed by atoms with E-state index in [1.54, 1.807) is 24.3 Å². The predicted octanol–water partition coefficient (Wildman–Crippen LogP) is 6.64. The first-order chi connectivity index (χ1) is 15.6. The number of rotatable bonds is 8. The van der Waals surface area contributed by atoms with Gasteiger partial charge in [0.25, 0.3) is 5.89 Å². The van der Waals surface area contributed by atoms with E-state index in [0.717, 1.165) is 33.1 Å². The molecule has 0 saturated heterocycles. The lowest BCUT2D eigenvalue weighted by Crippen LogP contribution is -2.08. The van der Waals surface area contributed by atoms with Crippen molar-refractivity contribution in [3.05, 3.63) is 85.3 Å². The zero-order valence-electron chi connectivity index (χ0n) is 17.7. The first-order valence-electron chi connectivity index (χ1n) is 10.4. The molecule has 2 heterocycles. The highest BCUT2D eigenvalue weighted by atomic mass is 32.2. The Morgan fingerprint density at radius 1 is 1.03 bits per heavy atom. The van der Waals surface area contributed by atoms with Gasteiger partial charge in [-0.2, -0.15) is 4.98 Å². The molecule has 0 atom stereocenters. The van der Waals surface area contributed by atoms with Crippen LogP contribution in [0.5, 0.6) is 0 Å². The maximum Gasteiger partial charge on any atom is 0.259 e. The summed E-state index contributed by atoms with van der Waals surface area (Å²) in [4.78, 5) is 9.64. The van der Waals surface area contributed by atoms with Crippen LogP contribution < -0.4 is 10.0 Å². The Morgan fingerprint density at radius 3 is 2.59 bits per heavy atom. The van der Waals surface area contributed by atoms with Gasteiger partial charge in [0.05, 0.1) is 5.56 Å². The average Bonchev–Trinajstić information content (AvgIpc) is 3.40. The molecule has 0 radical (unpaired) electrons. The third kappa shape index (κ3) is 4.53. The largest absolute Gasteiger partial charge is 0.359 e. The molecule has 0 bridgehead atoms. The summed E-state index contributed by atoms with van der Waals surface area (Å²) in [6, 6.07) is 20.0. The maximum atomic E-state index is 5.37. The monoisotopic (exact) mass is 441 g/mol. The third-order valence-electron chi connectivity index (χ3n) is 5.62. The topological polar surface area (TPSA) is 75.9 Å². The molecule has 160 valence electrons. The summed E-state index contributed by atoms with van der Waals surface area (Å²) >= 11 is 1.55. The predicted molar refractivity (Wildman–Crippen MR) is 129 cm³/mol. The zero-order valence-corrected chi connectivity index (χ0v) is 18.5. The van der Waals surface area contributed by atoms with E-state index in [4.69, 9.17) is 4.52 Å². The fraction of sp³-hybridized carbons (Fsp3) is 0.160. The van der Waals surface area contributed by atoms with Gasteiger partial charge in [-0.25, -0.2) is 0 Å². The summed E-state index contributed by atoms with van der Waals surface area (Å²) in [6.07, 6.45) is 5.83. The second-order valence-corrected chi connectivity index (χ2v) is 9.02. The molecule has 1 aliphatic carbocycles. The lowest BCUT2D eigenvalue weighted by Gasteiger charge is -2.16. The first kappa shape index (κ1) is 20.3. The fourth-order valence-electron chi connectivity index (χ4n) is 3.21. The maximum absolute atomic E-state index is 5.37. The second kappa shape index (κ2) is 8.51. The minimum atomic E-state index is 0.247. The Morgan fingerprint density at radius 2 is 1.84 bits per heavy atom. The molecule has 0 spiro atoms. The molecular weight excluding hydrogens is 418 g/mol. The van der Waals surface area contributed by atoms with Crippen molar-refractivity contribution in [2.24, 2.45) is 5.41 Å². The van der Waals surface area contributed by atoms with Crippen molar-refractivity contribution < 1.29 is 4.52 Å². The van der Waals surface area contributed by atoms with Crippen molar-refractivity contribution in [1.29, 1.82) is 0 Å². The summed E-state index contributed by atoms with van der Waals surface area (Å²) in [7, 11) is 0. The van der Waals surface area contributed by atoms with Crippen LogP contribution in [0.3, 0.4) is 0 Å². The van der Waals surface area contributed by atoms with Gasteiger partial charge < -0.3 is 14.6 Å². The van der Waals surface area contributed by atoms with Gasteiger partial charge in [0.15, 0.2) is 0 Å². The van der Waals surface area contributed by atoms with Crippen LogP contribution in [0.15, 0.2) is 94.8 Å². The van der Waals surface area contributed by atoms with Gasteiger partial charge in [0.2, 0.25) is 5.82 Å². The summed E-state index contributed by atoms with van der Waals surface area (Å²) < 4.78 is 8.78. The lowest BCUT2D eigenvalue weighted by atomic mass is 10.1. The van der Waals surface area contributed by atoms with E-state index < -0.39 is 0 Å². The van der Waals surface area contributed by atoms with Gasteiger partial charge in [-0.05, 0) is 79.4 Å². The van der Waals surface area contributed by atoms with Gasteiger partial charge in [-0.15, -0.1) is 0 Å². The number of hydrogen-bond acceptors (Lipinski definition) is 7. The molecule has 2 N–H and O–H groups in total. The Hall–Kier alpha value is -3.58. The Balaban J connectivity index is 1.21. The number of nitrogens with zero attached hydrogens (tertiary/aromatic N) is 3. The van der Waals surface area contributed by atoms with Gasteiger partial charge in [-0.1, -0.05) is 24.7 Å². The number of hydrogen-bond donors (Lipinski definition) is 2. The normalized spacial score (nSPS) is 14.0. The Bertz CT molecular complexity index is 1230. The summed E-state index contributed by atoms with van der Waals surface area (Å²) in [6.45, 7) is 6.45. The Kier molecular flexibility index (Phi) is 5.41. The number of pyridine rings is 1. The number of aromatic nitrogens is 3. The zero-order chi connectivity index (χ0) is 22.0. The molecule has 0 unspecified atom stereocenters. The molecule has 0 amide bonds. The van der Waals surface area contributed by atoms with Crippen LogP contribution in [0.1, 0.15) is 19.8 Å². The molecule has 1 aliphatic rings. The molecular formula is C25H23N5OS. The van der Waals surface area contributed by atoms with E-state index in [0.29, 0.717) is 11.7 Å². The molecule has 32 heavy (non-hydrogen) atoms. The standard InChI is InChI=1S/C25H23N5OS/c1-17(25(2)12-13-25)27-20-6-3-7-21(15-20)30-32-22-10-8-18(9-11-22)23-28-24(31-29-23)19-5-4-14-26-16-19/h3-11,14-16,27,30H,1,12-13H2,2H3. The van der Waals surface area contributed by atoms with E-state index in [9.17, 15) is 0 Å². The minimum absolute atomic E-state index is 0.247. The Labute approximate surface area is 191 Å². The molecule has 1 fully saturated rings. The highest BCUT2D eigenvalue weighted by molar-refractivity contribution is 8.00. The van der Waals surface area contributed by atoms with Gasteiger partial charge in [0, 0.05) is 45.3 Å². The van der Waals surface area contributed by atoms with Gasteiger partial charge >= 0.3 is 0 Å². The van der Waals surface area contributed by atoms with Crippen LogP contribution in [-0.4, -0.2) is 15.1 Å². The fourth-order valence-corrected chi connectivity index (χ4v) is 3.85. The van der Waals surface area contributed by atoms with Crippen molar-refractivity contribution in [2.45, 2.75) is 24.7 Å². The van der Waals surface area contributed by atoms with Crippen LogP contribution in [0, 0.1) is 5.41 Å². The van der Waals surface area contributed by atoms with Gasteiger partial charge in [-0.3, -0.25) is 4.98 Å². The number of benzene rings is 2. The van der Waals surface area contributed by atoms with E-state index in [1.807, 2.05) is 48.5 Å². The van der Waals surface area contributed by atoms with Crippen molar-refractivity contribution in [1.82, 2.24) is 15.1 Å². The van der Waals surface area contributed by atoms with E-state index >= 15 is 0 Å². The van der Waals surface area contributed by atoms with Crippen molar-refractivity contribution >= 4 is 23.3 Å². The number of nitrogens with one attached hydrogen (secondary N) is 2. The van der Waals surface area contributed by atoms with Crippen LogP contribution in [-0.2, 0) is 0 Å². The van der Waals surface area contributed by atoms with Crippen LogP contribution in [0.25, 0.3) is 22.8 Å².